The van der Waals surface area contributed by atoms with Crippen LogP contribution in [-0.4, -0.2) is 31.8 Å². The van der Waals surface area contributed by atoms with Crippen LogP contribution in [0, 0.1) is 0 Å². The van der Waals surface area contributed by atoms with Gasteiger partial charge in [-0.25, -0.2) is 8.42 Å². The lowest BCUT2D eigenvalue weighted by Gasteiger charge is -2.14. The molecule has 0 amide bonds. The quantitative estimate of drug-likeness (QED) is 0.802. The Bertz CT molecular complexity index is 522. The molecule has 2 N–H and O–H groups in total. The lowest BCUT2D eigenvalue weighted by Crippen LogP contribution is -2.15. The van der Waals surface area contributed by atoms with Crippen molar-refractivity contribution in [1.29, 1.82) is 0 Å². The Labute approximate surface area is 113 Å². The summed E-state index contributed by atoms with van der Waals surface area (Å²) in [4.78, 5) is 10.7. The smallest absolute Gasteiger partial charge is 0.303 e. The Morgan fingerprint density at radius 2 is 1.89 bits per heavy atom. The van der Waals surface area contributed by atoms with E-state index >= 15 is 0 Å². The van der Waals surface area contributed by atoms with Gasteiger partial charge >= 0.3 is 5.97 Å². The van der Waals surface area contributed by atoms with E-state index in [-0.39, 0.29) is 17.4 Å². The SMILES string of the molecule is CC(CCCC(=O)O)Nc1ccc(S(C)(=O)=O)cc1. The number of carboxylic acids is 1. The maximum absolute atomic E-state index is 11.3. The van der Waals surface area contributed by atoms with E-state index < -0.39 is 15.8 Å². The van der Waals surface area contributed by atoms with Crippen LogP contribution in [0.4, 0.5) is 5.69 Å². The average molecular weight is 285 g/mol. The summed E-state index contributed by atoms with van der Waals surface area (Å²) in [6.45, 7) is 1.96. The van der Waals surface area contributed by atoms with Gasteiger partial charge in [0, 0.05) is 24.4 Å². The molecule has 0 aliphatic heterocycles. The molecule has 5 nitrogen and oxygen atoms in total. The largest absolute Gasteiger partial charge is 0.481 e. The topological polar surface area (TPSA) is 83.5 Å². The fourth-order valence-corrected chi connectivity index (χ4v) is 2.34. The van der Waals surface area contributed by atoms with E-state index in [9.17, 15) is 13.2 Å². The average Bonchev–Trinajstić information content (AvgIpc) is 2.27. The van der Waals surface area contributed by atoms with Crippen LogP contribution in [0.5, 0.6) is 0 Å². The summed E-state index contributed by atoms with van der Waals surface area (Å²) in [5, 5.41) is 11.8. The van der Waals surface area contributed by atoms with Crippen LogP contribution in [-0.2, 0) is 14.6 Å². The number of carboxylic acid groups (broad SMARTS) is 1. The molecule has 0 radical (unpaired) electrons. The van der Waals surface area contributed by atoms with Gasteiger partial charge in [0.05, 0.1) is 4.90 Å². The van der Waals surface area contributed by atoms with Gasteiger partial charge in [-0.05, 0) is 44.0 Å². The van der Waals surface area contributed by atoms with Gasteiger partial charge < -0.3 is 10.4 Å². The summed E-state index contributed by atoms with van der Waals surface area (Å²) in [6.07, 6.45) is 2.70. The third kappa shape index (κ3) is 5.74. The van der Waals surface area contributed by atoms with Crippen molar-refractivity contribution in [3.05, 3.63) is 24.3 Å². The fourth-order valence-electron chi connectivity index (χ4n) is 1.71. The summed E-state index contributed by atoms with van der Waals surface area (Å²) in [5.41, 5.74) is 0.829. The van der Waals surface area contributed by atoms with E-state index in [1.165, 1.54) is 6.26 Å². The fraction of sp³-hybridized carbons (Fsp3) is 0.462. The van der Waals surface area contributed by atoms with Crippen molar-refractivity contribution < 1.29 is 18.3 Å². The highest BCUT2D eigenvalue weighted by atomic mass is 32.2. The predicted molar refractivity (Wildman–Crippen MR) is 74.1 cm³/mol. The van der Waals surface area contributed by atoms with Crippen molar-refractivity contribution >= 4 is 21.5 Å². The van der Waals surface area contributed by atoms with Crippen molar-refractivity contribution in [2.75, 3.05) is 11.6 Å². The minimum atomic E-state index is -3.16. The Morgan fingerprint density at radius 1 is 1.32 bits per heavy atom. The van der Waals surface area contributed by atoms with Crippen molar-refractivity contribution in [3.63, 3.8) is 0 Å². The molecule has 1 rings (SSSR count). The van der Waals surface area contributed by atoms with Crippen molar-refractivity contribution in [2.24, 2.45) is 0 Å². The first-order valence-electron chi connectivity index (χ1n) is 6.07. The van der Waals surface area contributed by atoms with Crippen molar-refractivity contribution in [3.8, 4) is 0 Å². The van der Waals surface area contributed by atoms with Crippen LogP contribution in [0.3, 0.4) is 0 Å². The molecule has 0 saturated carbocycles. The van der Waals surface area contributed by atoms with E-state index in [1.54, 1.807) is 24.3 Å². The highest BCUT2D eigenvalue weighted by Crippen LogP contribution is 2.15. The zero-order valence-corrected chi connectivity index (χ0v) is 11.9. The number of sulfone groups is 1. The van der Waals surface area contributed by atoms with Gasteiger partial charge in [-0.2, -0.15) is 0 Å². The molecule has 106 valence electrons. The predicted octanol–water partition coefficient (Wildman–Crippen LogP) is 2.15. The molecule has 0 fully saturated rings. The Balaban J connectivity index is 2.51. The molecule has 0 aliphatic carbocycles. The number of hydrogen-bond acceptors (Lipinski definition) is 4. The number of hydrogen-bond donors (Lipinski definition) is 2. The van der Waals surface area contributed by atoms with Gasteiger partial charge in [-0.3, -0.25) is 4.79 Å². The normalized spacial score (nSPS) is 12.9. The van der Waals surface area contributed by atoms with Gasteiger partial charge in [-0.15, -0.1) is 0 Å². The maximum atomic E-state index is 11.3. The van der Waals surface area contributed by atoms with Crippen LogP contribution in [0.15, 0.2) is 29.2 Å². The molecule has 1 atom stereocenters. The van der Waals surface area contributed by atoms with Gasteiger partial charge in [-0.1, -0.05) is 0 Å². The first-order valence-corrected chi connectivity index (χ1v) is 7.96. The van der Waals surface area contributed by atoms with Gasteiger partial charge in [0.25, 0.3) is 0 Å². The monoisotopic (exact) mass is 285 g/mol. The molecular weight excluding hydrogens is 266 g/mol. The molecule has 0 heterocycles. The van der Waals surface area contributed by atoms with E-state index in [0.29, 0.717) is 6.42 Å². The minimum absolute atomic E-state index is 0.142. The lowest BCUT2D eigenvalue weighted by atomic mass is 10.1. The summed E-state index contributed by atoms with van der Waals surface area (Å²) < 4.78 is 22.6. The maximum Gasteiger partial charge on any atom is 0.303 e. The molecule has 0 saturated heterocycles. The molecule has 0 bridgehead atoms. The van der Waals surface area contributed by atoms with Crippen LogP contribution in [0.2, 0.25) is 0 Å². The summed E-state index contributed by atoms with van der Waals surface area (Å²) in [5.74, 6) is -0.787. The molecule has 19 heavy (non-hydrogen) atoms. The molecule has 0 spiro atoms. The molecular formula is C13H19NO4S. The number of anilines is 1. The van der Waals surface area contributed by atoms with Crippen LogP contribution >= 0.6 is 0 Å². The number of nitrogens with one attached hydrogen (secondary N) is 1. The van der Waals surface area contributed by atoms with E-state index in [4.69, 9.17) is 5.11 Å². The lowest BCUT2D eigenvalue weighted by molar-refractivity contribution is -0.137. The van der Waals surface area contributed by atoms with Crippen LogP contribution < -0.4 is 5.32 Å². The Hall–Kier alpha value is -1.56. The molecule has 1 aromatic rings. The molecule has 1 aromatic carbocycles. The van der Waals surface area contributed by atoms with Crippen molar-refractivity contribution in [2.45, 2.75) is 37.1 Å². The summed E-state index contributed by atoms with van der Waals surface area (Å²) in [6, 6.07) is 6.68. The second-order valence-electron chi connectivity index (χ2n) is 4.63. The molecule has 6 heteroatoms. The van der Waals surface area contributed by atoms with Gasteiger partial charge in [0.15, 0.2) is 9.84 Å². The number of rotatable bonds is 7. The molecule has 1 unspecified atom stereocenters. The highest BCUT2D eigenvalue weighted by Gasteiger charge is 2.07. The number of carbonyl (C=O) groups is 1. The second kappa shape index (κ2) is 6.56. The molecule has 0 aromatic heterocycles. The van der Waals surface area contributed by atoms with Crippen molar-refractivity contribution in [1.82, 2.24) is 0 Å². The van der Waals surface area contributed by atoms with E-state index in [2.05, 4.69) is 5.32 Å². The van der Waals surface area contributed by atoms with Crippen LogP contribution in [0.1, 0.15) is 26.2 Å². The van der Waals surface area contributed by atoms with E-state index in [0.717, 1.165) is 12.1 Å². The third-order valence-corrected chi connectivity index (χ3v) is 3.85. The first-order chi connectivity index (χ1) is 8.79. The van der Waals surface area contributed by atoms with Crippen LogP contribution in [0.25, 0.3) is 0 Å². The van der Waals surface area contributed by atoms with E-state index in [1.807, 2.05) is 6.92 Å². The van der Waals surface area contributed by atoms with Gasteiger partial charge in [0.2, 0.25) is 0 Å². The van der Waals surface area contributed by atoms with Gasteiger partial charge in [0.1, 0.15) is 0 Å². The Kier molecular flexibility index (Phi) is 5.35. The Morgan fingerprint density at radius 3 is 2.37 bits per heavy atom. The minimum Gasteiger partial charge on any atom is -0.481 e. The highest BCUT2D eigenvalue weighted by molar-refractivity contribution is 7.90. The number of benzene rings is 1. The first kappa shape index (κ1) is 15.5. The standard InChI is InChI=1S/C13H19NO4S/c1-10(4-3-5-13(15)16)14-11-6-8-12(9-7-11)19(2,17)18/h6-10,14H,3-5H2,1-2H3,(H,15,16). The second-order valence-corrected chi connectivity index (χ2v) is 6.64. The zero-order valence-electron chi connectivity index (χ0n) is 11.1. The molecule has 0 aliphatic rings. The number of aliphatic carboxylic acids is 1. The summed E-state index contributed by atoms with van der Waals surface area (Å²) >= 11 is 0. The summed E-state index contributed by atoms with van der Waals surface area (Å²) in [7, 11) is -3.16. The zero-order chi connectivity index (χ0) is 14.5. The third-order valence-electron chi connectivity index (χ3n) is 2.72.